The number of carbonyl (C=O) groups excluding carboxylic acids is 2. The van der Waals surface area contributed by atoms with Gasteiger partial charge in [-0.1, -0.05) is 25.3 Å². The summed E-state index contributed by atoms with van der Waals surface area (Å²) in [5.74, 6) is 0.805. The van der Waals surface area contributed by atoms with E-state index in [-0.39, 0.29) is 11.8 Å². The van der Waals surface area contributed by atoms with E-state index in [9.17, 15) is 9.59 Å². The molecule has 1 saturated heterocycles. The topological polar surface area (TPSA) is 49.4 Å². The number of nitrogens with zero attached hydrogens (tertiary/aromatic N) is 1. The lowest BCUT2D eigenvalue weighted by Crippen LogP contribution is -2.24. The minimum Gasteiger partial charge on any atom is -0.326 e. The number of amides is 2. The Labute approximate surface area is 131 Å². The molecule has 0 radical (unpaired) electrons. The van der Waals surface area contributed by atoms with Crippen LogP contribution in [0.2, 0.25) is 0 Å². The van der Waals surface area contributed by atoms with Crippen molar-refractivity contribution in [3.8, 4) is 0 Å². The summed E-state index contributed by atoms with van der Waals surface area (Å²) < 4.78 is 0. The molecule has 0 bridgehead atoms. The van der Waals surface area contributed by atoms with E-state index in [0.29, 0.717) is 18.8 Å². The predicted octanol–water partition coefficient (Wildman–Crippen LogP) is 3.72. The van der Waals surface area contributed by atoms with Crippen LogP contribution in [0.4, 0.5) is 11.4 Å². The third kappa shape index (κ3) is 3.67. The molecule has 1 N–H and O–H groups in total. The Hall–Kier alpha value is -1.84. The van der Waals surface area contributed by atoms with Gasteiger partial charge in [-0.2, -0.15) is 0 Å². The van der Waals surface area contributed by atoms with Gasteiger partial charge in [-0.25, -0.2) is 0 Å². The third-order valence-electron chi connectivity index (χ3n) is 4.71. The van der Waals surface area contributed by atoms with Crippen LogP contribution < -0.4 is 10.2 Å². The Bertz CT molecular complexity index is 550. The molecule has 22 heavy (non-hydrogen) atoms. The van der Waals surface area contributed by atoms with Crippen LogP contribution in [0.1, 0.15) is 51.4 Å². The molecule has 0 unspecified atom stereocenters. The fourth-order valence-electron chi connectivity index (χ4n) is 3.54. The van der Waals surface area contributed by atoms with E-state index in [4.69, 9.17) is 0 Å². The molecule has 1 aliphatic heterocycles. The Morgan fingerprint density at radius 2 is 2.00 bits per heavy atom. The SMILES string of the molecule is O=C(CC1CCCCC1)Nc1cccc(N2CCCC2=O)c1. The van der Waals surface area contributed by atoms with E-state index in [1.165, 1.54) is 32.1 Å². The first kappa shape index (κ1) is 15.1. The second-order valence-electron chi connectivity index (χ2n) is 6.46. The maximum Gasteiger partial charge on any atom is 0.227 e. The molecule has 2 amide bonds. The first-order valence-corrected chi connectivity index (χ1v) is 8.42. The van der Waals surface area contributed by atoms with Crippen LogP contribution in [0.25, 0.3) is 0 Å². The van der Waals surface area contributed by atoms with Crippen molar-refractivity contribution in [2.75, 3.05) is 16.8 Å². The average Bonchev–Trinajstić information content (AvgIpc) is 2.94. The Morgan fingerprint density at radius 1 is 1.18 bits per heavy atom. The highest BCUT2D eigenvalue weighted by Crippen LogP contribution is 2.27. The fourth-order valence-corrected chi connectivity index (χ4v) is 3.54. The average molecular weight is 300 g/mol. The molecule has 1 heterocycles. The van der Waals surface area contributed by atoms with E-state index in [2.05, 4.69) is 5.32 Å². The standard InChI is InChI=1S/C18H24N2O2/c21-17(12-14-6-2-1-3-7-14)19-15-8-4-9-16(13-15)20-11-5-10-18(20)22/h4,8-9,13-14H,1-3,5-7,10-12H2,(H,19,21). The van der Waals surface area contributed by atoms with Gasteiger partial charge in [-0.05, 0) is 43.4 Å². The Balaban J connectivity index is 1.60. The quantitative estimate of drug-likeness (QED) is 0.921. The summed E-state index contributed by atoms with van der Waals surface area (Å²) in [6.45, 7) is 0.776. The third-order valence-corrected chi connectivity index (χ3v) is 4.71. The van der Waals surface area contributed by atoms with Gasteiger partial charge in [-0.3, -0.25) is 9.59 Å². The number of carbonyl (C=O) groups is 2. The Morgan fingerprint density at radius 3 is 2.73 bits per heavy atom. The molecule has 1 aliphatic carbocycles. The van der Waals surface area contributed by atoms with Gasteiger partial charge in [-0.15, -0.1) is 0 Å². The zero-order valence-electron chi connectivity index (χ0n) is 13.0. The van der Waals surface area contributed by atoms with E-state index < -0.39 is 0 Å². The lowest BCUT2D eigenvalue weighted by molar-refractivity contribution is -0.117. The van der Waals surface area contributed by atoms with Crippen molar-refractivity contribution in [2.24, 2.45) is 5.92 Å². The number of anilines is 2. The van der Waals surface area contributed by atoms with Gasteiger partial charge in [0.2, 0.25) is 11.8 Å². The fraction of sp³-hybridized carbons (Fsp3) is 0.556. The van der Waals surface area contributed by atoms with Gasteiger partial charge in [0.1, 0.15) is 0 Å². The summed E-state index contributed by atoms with van der Waals surface area (Å²) >= 11 is 0. The van der Waals surface area contributed by atoms with Crippen molar-refractivity contribution in [3.05, 3.63) is 24.3 Å². The maximum absolute atomic E-state index is 12.2. The molecule has 0 spiro atoms. The van der Waals surface area contributed by atoms with Crippen LogP contribution in [0, 0.1) is 5.92 Å². The lowest BCUT2D eigenvalue weighted by Gasteiger charge is -2.21. The van der Waals surface area contributed by atoms with E-state index in [0.717, 1.165) is 24.3 Å². The van der Waals surface area contributed by atoms with Crippen LogP contribution in [-0.2, 0) is 9.59 Å². The maximum atomic E-state index is 12.2. The molecule has 1 aromatic carbocycles. The first-order chi connectivity index (χ1) is 10.7. The van der Waals surface area contributed by atoms with Crippen molar-refractivity contribution in [3.63, 3.8) is 0 Å². The molecule has 4 heteroatoms. The molecular weight excluding hydrogens is 276 g/mol. The highest BCUT2D eigenvalue weighted by molar-refractivity contribution is 5.97. The van der Waals surface area contributed by atoms with Gasteiger partial charge >= 0.3 is 0 Å². The van der Waals surface area contributed by atoms with Crippen molar-refractivity contribution in [1.82, 2.24) is 0 Å². The smallest absolute Gasteiger partial charge is 0.227 e. The molecule has 2 fully saturated rings. The highest BCUT2D eigenvalue weighted by Gasteiger charge is 2.22. The van der Waals surface area contributed by atoms with Gasteiger partial charge in [0.25, 0.3) is 0 Å². The number of hydrogen-bond acceptors (Lipinski definition) is 2. The number of rotatable bonds is 4. The molecule has 1 saturated carbocycles. The number of nitrogens with one attached hydrogen (secondary N) is 1. The molecule has 4 nitrogen and oxygen atoms in total. The van der Waals surface area contributed by atoms with Gasteiger partial charge < -0.3 is 10.2 Å². The molecule has 0 aromatic heterocycles. The summed E-state index contributed by atoms with van der Waals surface area (Å²) in [5.41, 5.74) is 1.68. The van der Waals surface area contributed by atoms with Crippen LogP contribution in [0.15, 0.2) is 24.3 Å². The van der Waals surface area contributed by atoms with Crippen LogP contribution in [0.5, 0.6) is 0 Å². The number of benzene rings is 1. The summed E-state index contributed by atoms with van der Waals surface area (Å²) in [4.78, 5) is 25.8. The minimum atomic E-state index is 0.0943. The second kappa shape index (κ2) is 6.95. The zero-order valence-corrected chi connectivity index (χ0v) is 13.0. The van der Waals surface area contributed by atoms with Gasteiger partial charge in [0, 0.05) is 30.8 Å². The largest absolute Gasteiger partial charge is 0.326 e. The van der Waals surface area contributed by atoms with E-state index >= 15 is 0 Å². The van der Waals surface area contributed by atoms with Gasteiger partial charge in [0.05, 0.1) is 0 Å². The molecule has 0 atom stereocenters. The molecule has 3 rings (SSSR count). The predicted molar refractivity (Wildman–Crippen MR) is 87.9 cm³/mol. The summed E-state index contributed by atoms with van der Waals surface area (Å²) in [6.07, 6.45) is 8.33. The van der Waals surface area contributed by atoms with Crippen molar-refractivity contribution >= 4 is 23.2 Å². The van der Waals surface area contributed by atoms with E-state index in [1.807, 2.05) is 24.3 Å². The second-order valence-corrected chi connectivity index (χ2v) is 6.46. The monoisotopic (exact) mass is 300 g/mol. The number of hydrogen-bond donors (Lipinski definition) is 1. The normalized spacial score (nSPS) is 19.5. The summed E-state index contributed by atoms with van der Waals surface area (Å²) in [7, 11) is 0. The van der Waals surface area contributed by atoms with E-state index in [1.54, 1.807) is 4.90 Å². The zero-order chi connectivity index (χ0) is 15.4. The Kier molecular flexibility index (Phi) is 4.76. The lowest BCUT2D eigenvalue weighted by atomic mass is 9.87. The van der Waals surface area contributed by atoms with Crippen molar-refractivity contribution < 1.29 is 9.59 Å². The van der Waals surface area contributed by atoms with Crippen LogP contribution in [-0.4, -0.2) is 18.4 Å². The van der Waals surface area contributed by atoms with Gasteiger partial charge in [0.15, 0.2) is 0 Å². The van der Waals surface area contributed by atoms with Crippen LogP contribution >= 0.6 is 0 Å². The molecule has 118 valence electrons. The van der Waals surface area contributed by atoms with Crippen molar-refractivity contribution in [1.29, 1.82) is 0 Å². The molecular formula is C18H24N2O2. The summed E-state index contributed by atoms with van der Waals surface area (Å²) in [6, 6.07) is 7.63. The van der Waals surface area contributed by atoms with Crippen LogP contribution in [0.3, 0.4) is 0 Å². The first-order valence-electron chi connectivity index (χ1n) is 8.42. The van der Waals surface area contributed by atoms with Crippen molar-refractivity contribution in [2.45, 2.75) is 51.4 Å². The summed E-state index contributed by atoms with van der Waals surface area (Å²) in [5, 5.41) is 2.99. The highest BCUT2D eigenvalue weighted by atomic mass is 16.2. The minimum absolute atomic E-state index is 0.0943. The molecule has 1 aromatic rings. The molecule has 2 aliphatic rings.